The first-order valence-electron chi connectivity index (χ1n) is 8.27. The topological polar surface area (TPSA) is 129 Å². The van der Waals surface area contributed by atoms with Crippen LogP contribution in [0.15, 0.2) is 22.7 Å². The lowest BCUT2D eigenvalue weighted by atomic mass is 10.2. The second kappa shape index (κ2) is 9.40. The van der Waals surface area contributed by atoms with Gasteiger partial charge in [0.25, 0.3) is 5.91 Å². The van der Waals surface area contributed by atoms with Gasteiger partial charge in [-0.3, -0.25) is 20.4 Å². The largest absolute Gasteiger partial charge is 0.493 e. The molecule has 0 atom stereocenters. The number of nitrogens with zero attached hydrogens (tertiary/aromatic N) is 1. The first kappa shape index (κ1) is 20.7. The molecule has 2 N–H and O–H groups in total. The van der Waals surface area contributed by atoms with Crippen molar-refractivity contribution in [3.63, 3.8) is 0 Å². The molecule has 1 aromatic heterocycles. The lowest BCUT2D eigenvalue weighted by Crippen LogP contribution is -2.42. The van der Waals surface area contributed by atoms with Crippen molar-refractivity contribution < 1.29 is 33.1 Å². The van der Waals surface area contributed by atoms with Crippen LogP contribution in [0.2, 0.25) is 0 Å². The molecule has 2 rings (SSSR count). The van der Waals surface area contributed by atoms with E-state index in [1.54, 1.807) is 13.0 Å². The number of carbonyl (C=O) groups excluding carboxylic acids is 3. The zero-order chi connectivity index (χ0) is 20.7. The number of ether oxygens (including phenoxy) is 3. The minimum absolute atomic E-state index is 0.175. The number of esters is 1. The van der Waals surface area contributed by atoms with Crippen molar-refractivity contribution in [1.29, 1.82) is 0 Å². The summed E-state index contributed by atoms with van der Waals surface area (Å²) in [6.07, 6.45) is 0. The number of hydrogen-bond acceptors (Lipinski definition) is 8. The zero-order valence-electron chi connectivity index (χ0n) is 16.0. The lowest BCUT2D eigenvalue weighted by molar-refractivity contribution is -0.129. The normalized spacial score (nSPS) is 10.1. The number of nitrogens with one attached hydrogen (secondary N) is 2. The Bertz CT molecular complexity index is 857. The number of benzene rings is 1. The highest BCUT2D eigenvalue weighted by molar-refractivity contribution is 5.92. The fourth-order valence-electron chi connectivity index (χ4n) is 2.18. The number of hydrazine groups is 1. The van der Waals surface area contributed by atoms with Crippen molar-refractivity contribution in [3.05, 3.63) is 40.8 Å². The Morgan fingerprint density at radius 2 is 1.89 bits per heavy atom. The Morgan fingerprint density at radius 3 is 2.50 bits per heavy atom. The molecule has 0 aliphatic carbocycles. The molecule has 1 heterocycles. The molecule has 10 nitrogen and oxygen atoms in total. The average Bonchev–Trinajstić information content (AvgIpc) is 3.00. The molecular formula is C18H21N3O7. The molecule has 0 spiro atoms. The van der Waals surface area contributed by atoms with E-state index in [1.165, 1.54) is 26.2 Å². The number of rotatable bonds is 7. The maximum atomic E-state index is 12.1. The van der Waals surface area contributed by atoms with Gasteiger partial charge in [0.05, 0.1) is 23.9 Å². The summed E-state index contributed by atoms with van der Waals surface area (Å²) < 4.78 is 21.0. The SMILES string of the molecule is COc1cc(C(=O)OCC(=O)NNC(C)=O)ccc1OCc1c(C)noc1C. The van der Waals surface area contributed by atoms with Crippen LogP contribution in [0.1, 0.15) is 34.3 Å². The first-order valence-corrected chi connectivity index (χ1v) is 8.27. The van der Waals surface area contributed by atoms with Gasteiger partial charge in [-0.25, -0.2) is 4.79 Å². The molecule has 2 aromatic rings. The van der Waals surface area contributed by atoms with Gasteiger partial charge in [-0.05, 0) is 32.0 Å². The second-order valence-corrected chi connectivity index (χ2v) is 5.76. The van der Waals surface area contributed by atoms with Crippen molar-refractivity contribution in [2.45, 2.75) is 27.4 Å². The third-order valence-electron chi connectivity index (χ3n) is 3.66. The van der Waals surface area contributed by atoms with Crippen LogP contribution < -0.4 is 20.3 Å². The van der Waals surface area contributed by atoms with Gasteiger partial charge >= 0.3 is 5.97 Å². The molecule has 0 fully saturated rings. The highest BCUT2D eigenvalue weighted by atomic mass is 16.5. The molecule has 0 saturated carbocycles. The molecule has 0 saturated heterocycles. The molecule has 150 valence electrons. The molecule has 0 radical (unpaired) electrons. The van der Waals surface area contributed by atoms with E-state index in [-0.39, 0.29) is 12.2 Å². The Labute approximate surface area is 161 Å². The summed E-state index contributed by atoms with van der Waals surface area (Å²) in [6, 6.07) is 4.49. The van der Waals surface area contributed by atoms with E-state index in [1.807, 2.05) is 6.92 Å². The minimum Gasteiger partial charge on any atom is -0.493 e. The summed E-state index contributed by atoms with van der Waals surface area (Å²) in [7, 11) is 1.44. The maximum Gasteiger partial charge on any atom is 0.338 e. The third-order valence-corrected chi connectivity index (χ3v) is 3.66. The quantitative estimate of drug-likeness (QED) is 0.532. The Kier molecular flexibility index (Phi) is 6.96. The first-order chi connectivity index (χ1) is 13.3. The Hall–Kier alpha value is -3.56. The monoisotopic (exact) mass is 391 g/mol. The zero-order valence-corrected chi connectivity index (χ0v) is 16.0. The van der Waals surface area contributed by atoms with Gasteiger partial charge in [0, 0.05) is 6.92 Å². The summed E-state index contributed by atoms with van der Waals surface area (Å²) in [5.74, 6) is -0.444. The van der Waals surface area contributed by atoms with E-state index in [4.69, 9.17) is 18.7 Å². The lowest BCUT2D eigenvalue weighted by Gasteiger charge is -2.12. The molecular weight excluding hydrogens is 370 g/mol. The van der Waals surface area contributed by atoms with Crippen LogP contribution in [0.4, 0.5) is 0 Å². The van der Waals surface area contributed by atoms with E-state index in [9.17, 15) is 14.4 Å². The Morgan fingerprint density at radius 1 is 1.14 bits per heavy atom. The molecule has 28 heavy (non-hydrogen) atoms. The maximum absolute atomic E-state index is 12.1. The van der Waals surface area contributed by atoms with Crippen LogP contribution in [0, 0.1) is 13.8 Å². The van der Waals surface area contributed by atoms with Crippen LogP contribution in [-0.2, 0) is 20.9 Å². The van der Waals surface area contributed by atoms with E-state index >= 15 is 0 Å². The van der Waals surface area contributed by atoms with Crippen LogP contribution in [-0.4, -0.2) is 36.7 Å². The van der Waals surface area contributed by atoms with Gasteiger partial charge in [0.2, 0.25) is 5.91 Å². The third kappa shape index (κ3) is 5.47. The smallest absolute Gasteiger partial charge is 0.338 e. The number of aromatic nitrogens is 1. The number of aryl methyl sites for hydroxylation is 2. The number of hydrogen-bond donors (Lipinski definition) is 2. The average molecular weight is 391 g/mol. The highest BCUT2D eigenvalue weighted by Gasteiger charge is 2.16. The number of amides is 2. The number of methoxy groups -OCH3 is 1. The van der Waals surface area contributed by atoms with Gasteiger partial charge < -0.3 is 18.7 Å². The molecule has 0 aliphatic heterocycles. The van der Waals surface area contributed by atoms with Gasteiger partial charge in [-0.15, -0.1) is 0 Å². The van der Waals surface area contributed by atoms with Crippen molar-refractivity contribution in [3.8, 4) is 11.5 Å². The minimum atomic E-state index is -0.728. The standard InChI is InChI=1S/C18H21N3O7/c1-10-14(11(2)28-21-10)8-26-15-6-5-13(7-16(15)25-4)18(24)27-9-17(23)20-19-12(3)22/h5-7H,8-9H2,1-4H3,(H,19,22)(H,20,23). The fraction of sp³-hybridized carbons (Fsp3) is 0.333. The van der Waals surface area contributed by atoms with Gasteiger partial charge in [0.15, 0.2) is 18.1 Å². The van der Waals surface area contributed by atoms with Crippen LogP contribution in [0.3, 0.4) is 0 Å². The van der Waals surface area contributed by atoms with Gasteiger partial charge in [-0.2, -0.15) is 0 Å². The molecule has 0 bridgehead atoms. The Balaban J connectivity index is 1.98. The second-order valence-electron chi connectivity index (χ2n) is 5.76. The number of carbonyl (C=O) groups is 3. The van der Waals surface area contributed by atoms with Crippen LogP contribution in [0.5, 0.6) is 11.5 Å². The van der Waals surface area contributed by atoms with Gasteiger partial charge in [-0.1, -0.05) is 5.16 Å². The van der Waals surface area contributed by atoms with Crippen LogP contribution in [0.25, 0.3) is 0 Å². The molecule has 1 aromatic carbocycles. The summed E-state index contributed by atoms with van der Waals surface area (Å²) in [5, 5.41) is 3.86. The van der Waals surface area contributed by atoms with E-state index in [0.29, 0.717) is 17.3 Å². The summed E-state index contributed by atoms with van der Waals surface area (Å²) in [5.41, 5.74) is 5.91. The van der Waals surface area contributed by atoms with Crippen molar-refractivity contribution >= 4 is 17.8 Å². The van der Waals surface area contributed by atoms with Gasteiger partial charge in [0.1, 0.15) is 12.4 Å². The van der Waals surface area contributed by atoms with E-state index in [2.05, 4.69) is 16.0 Å². The fourth-order valence-corrected chi connectivity index (χ4v) is 2.18. The van der Waals surface area contributed by atoms with E-state index < -0.39 is 24.4 Å². The predicted octanol–water partition coefficient (Wildman–Crippen LogP) is 1.20. The van der Waals surface area contributed by atoms with Crippen molar-refractivity contribution in [2.75, 3.05) is 13.7 Å². The molecule has 0 aliphatic rings. The van der Waals surface area contributed by atoms with Crippen LogP contribution >= 0.6 is 0 Å². The molecule has 10 heteroatoms. The molecule has 0 unspecified atom stereocenters. The summed E-state index contributed by atoms with van der Waals surface area (Å²) >= 11 is 0. The predicted molar refractivity (Wildman–Crippen MR) is 95.5 cm³/mol. The summed E-state index contributed by atoms with van der Waals surface area (Å²) in [6.45, 7) is 4.51. The molecule has 2 amide bonds. The highest BCUT2D eigenvalue weighted by Crippen LogP contribution is 2.29. The van der Waals surface area contributed by atoms with Crippen molar-refractivity contribution in [1.82, 2.24) is 16.0 Å². The van der Waals surface area contributed by atoms with E-state index in [0.717, 1.165) is 11.3 Å². The van der Waals surface area contributed by atoms with Crippen molar-refractivity contribution in [2.24, 2.45) is 0 Å². The summed E-state index contributed by atoms with van der Waals surface area (Å²) in [4.78, 5) is 34.3.